The summed E-state index contributed by atoms with van der Waals surface area (Å²) in [6.45, 7) is 4.02. The molecule has 32 heavy (non-hydrogen) atoms. The number of benzene rings is 2. The number of ether oxygens (including phenoxy) is 1. The van der Waals surface area contributed by atoms with Gasteiger partial charge in [0.25, 0.3) is 5.91 Å². The fourth-order valence-corrected chi connectivity index (χ4v) is 3.54. The lowest BCUT2D eigenvalue weighted by atomic mass is 9.87. The van der Waals surface area contributed by atoms with E-state index in [1.54, 1.807) is 25.1 Å². The summed E-state index contributed by atoms with van der Waals surface area (Å²) in [6, 6.07) is 14.7. The largest absolute Gasteiger partial charge is 0.483 e. The molecule has 8 heteroatoms. The van der Waals surface area contributed by atoms with Crippen molar-refractivity contribution in [2.45, 2.75) is 33.2 Å². The number of rotatable bonds is 12. The lowest BCUT2D eigenvalue weighted by Gasteiger charge is -2.21. The molecule has 3 amide bonds. The number of hydrogen-bond acceptors (Lipinski definition) is 4. The van der Waals surface area contributed by atoms with Crippen molar-refractivity contribution in [3.63, 3.8) is 0 Å². The van der Waals surface area contributed by atoms with Gasteiger partial charge in [0.1, 0.15) is 5.75 Å². The number of amides is 3. The minimum atomic E-state index is -0.602. The molecule has 2 aromatic rings. The maximum absolute atomic E-state index is 12.8. The van der Waals surface area contributed by atoms with Crippen molar-refractivity contribution >= 4 is 29.3 Å². The Morgan fingerprint density at radius 3 is 2.47 bits per heavy atom. The minimum absolute atomic E-state index is 0.138. The van der Waals surface area contributed by atoms with Gasteiger partial charge in [0.15, 0.2) is 6.61 Å². The zero-order chi connectivity index (χ0) is 23.5. The molecule has 2 aromatic carbocycles. The average molecular weight is 460 g/mol. The van der Waals surface area contributed by atoms with Crippen LogP contribution >= 0.6 is 11.6 Å². The van der Waals surface area contributed by atoms with Gasteiger partial charge in [0.05, 0.1) is 0 Å². The summed E-state index contributed by atoms with van der Waals surface area (Å²) in [6.07, 6.45) is 1.13. The second-order valence-corrected chi connectivity index (χ2v) is 7.97. The van der Waals surface area contributed by atoms with E-state index in [4.69, 9.17) is 22.1 Å². The number of halogens is 1. The summed E-state index contributed by atoms with van der Waals surface area (Å²) in [4.78, 5) is 36.5. The predicted molar refractivity (Wildman–Crippen MR) is 124 cm³/mol. The van der Waals surface area contributed by atoms with Gasteiger partial charge in [-0.05, 0) is 43.5 Å². The molecule has 0 aliphatic rings. The van der Waals surface area contributed by atoms with Crippen molar-refractivity contribution in [1.82, 2.24) is 10.6 Å². The van der Waals surface area contributed by atoms with E-state index in [1.165, 1.54) is 0 Å². The van der Waals surface area contributed by atoms with Crippen LogP contribution in [0, 0.1) is 11.8 Å². The molecule has 0 aliphatic heterocycles. The molecule has 7 nitrogen and oxygen atoms in total. The average Bonchev–Trinajstić information content (AvgIpc) is 2.77. The van der Waals surface area contributed by atoms with Crippen LogP contribution in [0.4, 0.5) is 0 Å². The zero-order valence-electron chi connectivity index (χ0n) is 18.4. The molecule has 0 heterocycles. The van der Waals surface area contributed by atoms with Crippen LogP contribution in [0.2, 0.25) is 5.02 Å². The molecule has 0 saturated carbocycles. The standard InChI is InChI=1S/C24H30ClN3O4/c1-3-27-22(29)15-32-21-12-10-19(25)13-18(21)14-28-24(31)16(2)20(23(26)30)11-9-17-7-5-4-6-8-17/h4-8,10,12-13,16,20H,3,9,11,14-15H2,1-2H3,(H2,26,30)(H,27,29)(H,28,31)/t16-,20?/m0/s1. The van der Waals surface area contributed by atoms with Gasteiger partial charge in [0.2, 0.25) is 11.8 Å². The Bertz CT molecular complexity index is 921. The van der Waals surface area contributed by atoms with Crippen LogP contribution < -0.4 is 21.1 Å². The van der Waals surface area contributed by atoms with Crippen molar-refractivity contribution in [2.24, 2.45) is 17.6 Å². The number of aryl methyl sites for hydroxylation is 1. The molecule has 0 aromatic heterocycles. The molecule has 0 spiro atoms. The lowest BCUT2D eigenvalue weighted by molar-refractivity contribution is -0.133. The third-order valence-corrected chi connectivity index (χ3v) is 5.41. The van der Waals surface area contributed by atoms with Crippen LogP contribution in [0.5, 0.6) is 5.75 Å². The second kappa shape index (κ2) is 12.7. The van der Waals surface area contributed by atoms with E-state index in [-0.39, 0.29) is 25.0 Å². The Kier molecular flexibility index (Phi) is 10.0. The maximum Gasteiger partial charge on any atom is 0.257 e. The van der Waals surface area contributed by atoms with Crippen LogP contribution in [0.1, 0.15) is 31.4 Å². The third-order valence-electron chi connectivity index (χ3n) is 5.18. The molecule has 4 N–H and O–H groups in total. The Morgan fingerprint density at radius 1 is 1.09 bits per heavy atom. The molecule has 0 aliphatic carbocycles. The summed E-state index contributed by atoms with van der Waals surface area (Å²) in [5.41, 5.74) is 7.30. The van der Waals surface area contributed by atoms with Crippen LogP contribution in [0.25, 0.3) is 0 Å². The number of likely N-dealkylation sites (N-methyl/N-ethyl adjacent to an activating group) is 1. The van der Waals surface area contributed by atoms with Gasteiger partial charge in [-0.3, -0.25) is 14.4 Å². The normalized spacial score (nSPS) is 12.5. The van der Waals surface area contributed by atoms with Crippen molar-refractivity contribution < 1.29 is 19.1 Å². The lowest BCUT2D eigenvalue weighted by Crippen LogP contribution is -2.39. The molecular formula is C24H30ClN3O4. The summed E-state index contributed by atoms with van der Waals surface area (Å²) in [5, 5.41) is 5.96. The monoisotopic (exact) mass is 459 g/mol. The third kappa shape index (κ3) is 7.89. The summed E-state index contributed by atoms with van der Waals surface area (Å²) < 4.78 is 5.58. The van der Waals surface area contributed by atoms with Crippen molar-refractivity contribution in [1.29, 1.82) is 0 Å². The maximum atomic E-state index is 12.8. The van der Waals surface area contributed by atoms with E-state index >= 15 is 0 Å². The molecule has 0 fully saturated rings. The SMILES string of the molecule is CCNC(=O)COc1ccc(Cl)cc1CNC(=O)[C@@H](C)C(CCc1ccccc1)C(N)=O. The first-order chi connectivity index (χ1) is 15.3. The van der Waals surface area contributed by atoms with E-state index in [0.29, 0.717) is 35.7 Å². The van der Waals surface area contributed by atoms with E-state index in [2.05, 4.69) is 10.6 Å². The summed E-state index contributed by atoms with van der Waals surface area (Å²) in [5.74, 6) is -1.79. The molecule has 1 unspecified atom stereocenters. The van der Waals surface area contributed by atoms with Crippen LogP contribution in [0.15, 0.2) is 48.5 Å². The fraction of sp³-hybridized carbons (Fsp3) is 0.375. The van der Waals surface area contributed by atoms with Gasteiger partial charge < -0.3 is 21.1 Å². The smallest absolute Gasteiger partial charge is 0.257 e. The summed E-state index contributed by atoms with van der Waals surface area (Å²) in [7, 11) is 0. The van der Waals surface area contributed by atoms with Gasteiger partial charge in [-0.1, -0.05) is 48.9 Å². The molecule has 2 atom stereocenters. The highest BCUT2D eigenvalue weighted by Crippen LogP contribution is 2.24. The van der Waals surface area contributed by atoms with Crippen molar-refractivity contribution in [3.8, 4) is 5.75 Å². The Labute approximate surface area is 193 Å². The molecular weight excluding hydrogens is 430 g/mol. The predicted octanol–water partition coefficient (Wildman–Crippen LogP) is 2.84. The van der Waals surface area contributed by atoms with E-state index in [1.807, 2.05) is 37.3 Å². The molecule has 2 rings (SSSR count). The highest BCUT2D eigenvalue weighted by molar-refractivity contribution is 6.30. The molecule has 172 valence electrons. The van der Waals surface area contributed by atoms with E-state index < -0.39 is 17.7 Å². The number of carbonyl (C=O) groups is 3. The Hall–Kier alpha value is -3.06. The molecule has 0 saturated heterocycles. The Balaban J connectivity index is 1.99. The first kappa shape index (κ1) is 25.2. The first-order valence-electron chi connectivity index (χ1n) is 10.6. The number of hydrogen-bond donors (Lipinski definition) is 3. The number of nitrogens with two attached hydrogens (primary N) is 1. The molecule has 0 radical (unpaired) electrons. The highest BCUT2D eigenvalue weighted by Gasteiger charge is 2.28. The second-order valence-electron chi connectivity index (χ2n) is 7.53. The first-order valence-corrected chi connectivity index (χ1v) is 11.0. The number of primary amides is 1. The topological polar surface area (TPSA) is 111 Å². The van der Waals surface area contributed by atoms with E-state index in [9.17, 15) is 14.4 Å². The van der Waals surface area contributed by atoms with Crippen molar-refractivity contribution in [3.05, 3.63) is 64.7 Å². The quantitative estimate of drug-likeness (QED) is 0.453. The number of nitrogens with one attached hydrogen (secondary N) is 2. The van der Waals surface area contributed by atoms with Gasteiger partial charge in [-0.2, -0.15) is 0 Å². The van der Waals surface area contributed by atoms with Crippen LogP contribution in [-0.2, 0) is 27.3 Å². The van der Waals surface area contributed by atoms with Gasteiger partial charge in [-0.15, -0.1) is 0 Å². The Morgan fingerprint density at radius 2 is 1.81 bits per heavy atom. The minimum Gasteiger partial charge on any atom is -0.483 e. The zero-order valence-corrected chi connectivity index (χ0v) is 19.2. The van der Waals surface area contributed by atoms with Crippen molar-refractivity contribution in [2.75, 3.05) is 13.2 Å². The van der Waals surface area contributed by atoms with Crippen LogP contribution in [0.3, 0.4) is 0 Å². The number of carbonyl (C=O) groups excluding carboxylic acids is 3. The summed E-state index contributed by atoms with van der Waals surface area (Å²) >= 11 is 6.09. The molecule has 0 bridgehead atoms. The van der Waals surface area contributed by atoms with Crippen LogP contribution in [-0.4, -0.2) is 30.9 Å². The van der Waals surface area contributed by atoms with Gasteiger partial charge >= 0.3 is 0 Å². The van der Waals surface area contributed by atoms with Gasteiger partial charge in [-0.25, -0.2) is 0 Å². The fourth-order valence-electron chi connectivity index (χ4n) is 3.35. The highest BCUT2D eigenvalue weighted by atomic mass is 35.5. The van der Waals surface area contributed by atoms with Gasteiger partial charge in [0, 0.05) is 35.5 Å². The van der Waals surface area contributed by atoms with E-state index in [0.717, 1.165) is 5.56 Å².